The summed E-state index contributed by atoms with van der Waals surface area (Å²) in [7, 11) is 0. The second kappa shape index (κ2) is 6.17. The van der Waals surface area contributed by atoms with Gasteiger partial charge in [-0.2, -0.15) is 0 Å². The maximum absolute atomic E-state index is 9.55. The molecule has 1 aliphatic rings. The molecule has 0 saturated carbocycles. The van der Waals surface area contributed by atoms with Gasteiger partial charge in [-0.1, -0.05) is 20.8 Å². The monoisotopic (exact) mass is 242 g/mol. The van der Waals surface area contributed by atoms with E-state index in [1.807, 2.05) is 6.92 Å². The molecule has 0 bridgehead atoms. The Morgan fingerprint density at radius 1 is 1.29 bits per heavy atom. The number of piperidine rings is 1. The van der Waals surface area contributed by atoms with Crippen LogP contribution in [0.2, 0.25) is 0 Å². The molecule has 1 rings (SSSR count). The summed E-state index contributed by atoms with van der Waals surface area (Å²) in [6.07, 6.45) is 3.18. The van der Waals surface area contributed by atoms with Crippen LogP contribution in [0, 0.1) is 11.3 Å². The zero-order chi connectivity index (χ0) is 13.1. The average Bonchev–Trinajstić information content (AvgIpc) is 2.25. The molecule has 17 heavy (non-hydrogen) atoms. The van der Waals surface area contributed by atoms with Gasteiger partial charge >= 0.3 is 0 Å². The third-order valence-electron chi connectivity index (χ3n) is 4.18. The lowest BCUT2D eigenvalue weighted by Gasteiger charge is -2.35. The standard InChI is InChI=1S/C14H30N2O/c1-11(17)12-5-8-16(9-6-12)10-7-13(15)14(2,3)4/h11-13,17H,5-10,15H2,1-4H3. The fourth-order valence-corrected chi connectivity index (χ4v) is 2.41. The molecule has 0 aromatic rings. The van der Waals surface area contributed by atoms with Crippen LogP contribution >= 0.6 is 0 Å². The van der Waals surface area contributed by atoms with Gasteiger partial charge in [0, 0.05) is 6.04 Å². The van der Waals surface area contributed by atoms with Crippen LogP contribution in [0.3, 0.4) is 0 Å². The first-order chi connectivity index (χ1) is 7.80. The zero-order valence-electron chi connectivity index (χ0n) is 11.9. The van der Waals surface area contributed by atoms with Gasteiger partial charge in [0.1, 0.15) is 0 Å². The van der Waals surface area contributed by atoms with E-state index in [-0.39, 0.29) is 17.6 Å². The van der Waals surface area contributed by atoms with Crippen LogP contribution < -0.4 is 5.73 Å². The fourth-order valence-electron chi connectivity index (χ4n) is 2.41. The van der Waals surface area contributed by atoms with Gasteiger partial charge in [0.15, 0.2) is 0 Å². The lowest BCUT2D eigenvalue weighted by Crippen LogP contribution is -2.42. The number of likely N-dealkylation sites (tertiary alicyclic amines) is 1. The van der Waals surface area contributed by atoms with Crippen molar-refractivity contribution in [2.45, 2.75) is 59.1 Å². The Hall–Kier alpha value is -0.120. The summed E-state index contributed by atoms with van der Waals surface area (Å²) < 4.78 is 0. The minimum absolute atomic E-state index is 0.144. The Labute approximate surface area is 106 Å². The maximum atomic E-state index is 9.55. The highest BCUT2D eigenvalue weighted by Gasteiger charge is 2.24. The van der Waals surface area contributed by atoms with Crippen LogP contribution in [0.25, 0.3) is 0 Å². The summed E-state index contributed by atoms with van der Waals surface area (Å²) >= 11 is 0. The lowest BCUT2D eigenvalue weighted by molar-refractivity contribution is 0.0696. The minimum atomic E-state index is -0.144. The van der Waals surface area contributed by atoms with Gasteiger partial charge in [0.05, 0.1) is 6.10 Å². The number of hydrogen-bond acceptors (Lipinski definition) is 3. The zero-order valence-corrected chi connectivity index (χ0v) is 11.9. The van der Waals surface area contributed by atoms with Gasteiger partial charge in [-0.25, -0.2) is 0 Å². The fraction of sp³-hybridized carbons (Fsp3) is 1.00. The van der Waals surface area contributed by atoms with Crippen LogP contribution in [0.4, 0.5) is 0 Å². The Balaban J connectivity index is 2.23. The number of rotatable bonds is 4. The van der Waals surface area contributed by atoms with Gasteiger partial charge in [-0.15, -0.1) is 0 Å². The molecule has 0 amide bonds. The number of hydrogen-bond donors (Lipinski definition) is 2. The van der Waals surface area contributed by atoms with Crippen molar-refractivity contribution in [3.63, 3.8) is 0 Å². The van der Waals surface area contributed by atoms with Crippen LogP contribution in [-0.4, -0.2) is 41.8 Å². The van der Waals surface area contributed by atoms with Gasteiger partial charge in [0.2, 0.25) is 0 Å². The molecule has 1 aliphatic heterocycles. The van der Waals surface area contributed by atoms with E-state index < -0.39 is 0 Å². The minimum Gasteiger partial charge on any atom is -0.393 e. The molecular formula is C14H30N2O. The first kappa shape index (κ1) is 14.9. The molecule has 3 nitrogen and oxygen atoms in total. The second-order valence-electron chi connectivity index (χ2n) is 6.68. The van der Waals surface area contributed by atoms with E-state index in [0.29, 0.717) is 5.92 Å². The Bertz CT molecular complexity index is 215. The predicted molar refractivity (Wildman–Crippen MR) is 72.9 cm³/mol. The predicted octanol–water partition coefficient (Wildman–Crippen LogP) is 1.84. The Morgan fingerprint density at radius 2 is 1.82 bits per heavy atom. The third kappa shape index (κ3) is 4.94. The molecule has 0 aromatic heterocycles. The number of nitrogens with zero attached hydrogens (tertiary/aromatic N) is 1. The second-order valence-corrected chi connectivity index (χ2v) is 6.68. The molecule has 1 fully saturated rings. The SMILES string of the molecule is CC(O)C1CCN(CCC(N)C(C)(C)C)CC1. The summed E-state index contributed by atoms with van der Waals surface area (Å²) in [5.74, 6) is 0.502. The van der Waals surface area contributed by atoms with E-state index in [4.69, 9.17) is 5.73 Å². The molecule has 0 spiro atoms. The largest absolute Gasteiger partial charge is 0.393 e. The summed E-state index contributed by atoms with van der Waals surface area (Å²) in [5.41, 5.74) is 6.38. The molecular weight excluding hydrogens is 212 g/mol. The molecule has 0 aromatic carbocycles. The van der Waals surface area contributed by atoms with Crippen molar-refractivity contribution in [1.29, 1.82) is 0 Å². The van der Waals surface area contributed by atoms with Crippen molar-refractivity contribution in [1.82, 2.24) is 4.90 Å². The quantitative estimate of drug-likeness (QED) is 0.791. The van der Waals surface area contributed by atoms with E-state index in [1.165, 1.54) is 0 Å². The molecule has 102 valence electrons. The Morgan fingerprint density at radius 3 is 2.24 bits per heavy atom. The topological polar surface area (TPSA) is 49.5 Å². The van der Waals surface area contributed by atoms with E-state index in [9.17, 15) is 5.11 Å². The number of aliphatic hydroxyl groups is 1. The molecule has 1 saturated heterocycles. The Kier molecular flexibility index (Phi) is 5.42. The van der Waals surface area contributed by atoms with Crippen molar-refractivity contribution in [2.75, 3.05) is 19.6 Å². The molecule has 2 unspecified atom stereocenters. The van der Waals surface area contributed by atoms with E-state index in [1.54, 1.807) is 0 Å². The number of nitrogens with two attached hydrogens (primary N) is 1. The highest BCUT2D eigenvalue weighted by molar-refractivity contribution is 4.80. The average molecular weight is 242 g/mol. The van der Waals surface area contributed by atoms with Gasteiger partial charge in [0.25, 0.3) is 0 Å². The van der Waals surface area contributed by atoms with Crippen molar-refractivity contribution in [3.8, 4) is 0 Å². The van der Waals surface area contributed by atoms with E-state index in [2.05, 4.69) is 25.7 Å². The smallest absolute Gasteiger partial charge is 0.0541 e. The van der Waals surface area contributed by atoms with E-state index in [0.717, 1.165) is 38.9 Å². The van der Waals surface area contributed by atoms with Crippen molar-refractivity contribution in [2.24, 2.45) is 17.1 Å². The van der Waals surface area contributed by atoms with E-state index >= 15 is 0 Å². The normalized spacial score (nSPS) is 23.6. The molecule has 0 aliphatic carbocycles. The van der Waals surface area contributed by atoms with Crippen molar-refractivity contribution >= 4 is 0 Å². The van der Waals surface area contributed by atoms with Crippen LogP contribution in [-0.2, 0) is 0 Å². The summed E-state index contributed by atoms with van der Waals surface area (Å²) in [4.78, 5) is 2.49. The highest BCUT2D eigenvalue weighted by Crippen LogP contribution is 2.23. The lowest BCUT2D eigenvalue weighted by atomic mass is 9.85. The molecule has 3 heteroatoms. The van der Waals surface area contributed by atoms with Crippen LogP contribution in [0.5, 0.6) is 0 Å². The van der Waals surface area contributed by atoms with Gasteiger partial charge in [-0.3, -0.25) is 0 Å². The van der Waals surface area contributed by atoms with Gasteiger partial charge < -0.3 is 15.7 Å². The van der Waals surface area contributed by atoms with Crippen molar-refractivity contribution < 1.29 is 5.11 Å². The van der Waals surface area contributed by atoms with Crippen LogP contribution in [0.15, 0.2) is 0 Å². The molecule has 1 heterocycles. The van der Waals surface area contributed by atoms with Crippen LogP contribution in [0.1, 0.15) is 47.0 Å². The number of aliphatic hydroxyl groups excluding tert-OH is 1. The third-order valence-corrected chi connectivity index (χ3v) is 4.18. The van der Waals surface area contributed by atoms with Gasteiger partial charge in [-0.05, 0) is 57.2 Å². The first-order valence-electron chi connectivity index (χ1n) is 6.96. The molecule has 0 radical (unpaired) electrons. The highest BCUT2D eigenvalue weighted by atomic mass is 16.3. The van der Waals surface area contributed by atoms with Crippen molar-refractivity contribution in [3.05, 3.63) is 0 Å². The summed E-state index contributed by atoms with van der Waals surface area (Å²) in [6, 6.07) is 0.275. The first-order valence-corrected chi connectivity index (χ1v) is 6.96. The summed E-state index contributed by atoms with van der Waals surface area (Å²) in [5, 5.41) is 9.55. The molecule has 3 N–H and O–H groups in total. The molecule has 2 atom stereocenters. The summed E-state index contributed by atoms with van der Waals surface area (Å²) in [6.45, 7) is 11.9. The maximum Gasteiger partial charge on any atom is 0.0541 e.